The topological polar surface area (TPSA) is 105 Å². The molecular formula is C7H11BN2O4S. The van der Waals surface area contributed by atoms with E-state index in [1.54, 1.807) is 0 Å². The van der Waals surface area contributed by atoms with Gasteiger partial charge in [-0.25, -0.2) is 20.2 Å². The molecule has 4 N–H and O–H groups in total. The Labute approximate surface area is 88.1 Å². The summed E-state index contributed by atoms with van der Waals surface area (Å²) >= 11 is 0. The number of hydrogen-bond acceptors (Lipinski definition) is 6. The number of benzene rings is 1. The lowest BCUT2D eigenvalue weighted by molar-refractivity contribution is 0.215. The van der Waals surface area contributed by atoms with Gasteiger partial charge >= 0.3 is 7.12 Å². The van der Waals surface area contributed by atoms with Gasteiger partial charge in [0, 0.05) is 6.26 Å². The summed E-state index contributed by atoms with van der Waals surface area (Å²) in [5.74, 6) is 9.83. The van der Waals surface area contributed by atoms with Gasteiger partial charge in [-0.3, -0.25) is 0 Å². The predicted octanol–water partition coefficient (Wildman–Crippen LogP) is -1.43. The molecular weight excluding hydrogens is 219 g/mol. The molecule has 15 heavy (non-hydrogen) atoms. The van der Waals surface area contributed by atoms with Crippen LogP contribution in [-0.4, -0.2) is 21.8 Å². The van der Waals surface area contributed by atoms with Crippen molar-refractivity contribution in [3.63, 3.8) is 0 Å². The first-order chi connectivity index (χ1) is 6.99. The Bertz CT molecular complexity index is 415. The summed E-state index contributed by atoms with van der Waals surface area (Å²) in [7, 11) is -4.11. The smallest absolute Gasteiger partial charge is 0.324 e. The molecule has 0 aliphatic heterocycles. The highest BCUT2D eigenvalue weighted by Gasteiger charge is 2.20. The first kappa shape index (κ1) is 12.1. The van der Waals surface area contributed by atoms with E-state index in [-0.39, 0.29) is 4.90 Å². The van der Waals surface area contributed by atoms with Crippen molar-refractivity contribution in [1.29, 1.82) is 0 Å². The molecule has 0 spiro atoms. The quantitative estimate of drug-likeness (QED) is 0.485. The van der Waals surface area contributed by atoms with E-state index in [0.717, 1.165) is 6.26 Å². The Morgan fingerprint density at radius 3 is 1.93 bits per heavy atom. The maximum atomic E-state index is 11.1. The normalized spacial score (nSPS) is 11.4. The second-order valence-corrected chi connectivity index (χ2v) is 4.96. The molecule has 0 saturated heterocycles. The summed E-state index contributed by atoms with van der Waals surface area (Å²) in [6.07, 6.45) is 1.12. The van der Waals surface area contributed by atoms with Crippen LogP contribution in [-0.2, 0) is 19.3 Å². The largest absolute Gasteiger partial charge is 0.527 e. The fourth-order valence-electron chi connectivity index (χ4n) is 1.06. The highest BCUT2D eigenvalue weighted by molar-refractivity contribution is 7.90. The number of hydrogen-bond donors (Lipinski definition) is 2. The van der Waals surface area contributed by atoms with Gasteiger partial charge in [-0.2, -0.15) is 0 Å². The van der Waals surface area contributed by atoms with Crippen molar-refractivity contribution >= 4 is 22.4 Å². The van der Waals surface area contributed by atoms with Crippen molar-refractivity contribution in [2.24, 2.45) is 11.8 Å². The van der Waals surface area contributed by atoms with E-state index in [1.165, 1.54) is 24.3 Å². The van der Waals surface area contributed by atoms with Crippen molar-refractivity contribution < 1.29 is 17.9 Å². The van der Waals surface area contributed by atoms with Gasteiger partial charge in [-0.1, -0.05) is 12.1 Å². The molecule has 0 atom stereocenters. The summed E-state index contributed by atoms with van der Waals surface area (Å²) in [4.78, 5) is 0.207. The van der Waals surface area contributed by atoms with Crippen LogP contribution in [0.4, 0.5) is 0 Å². The molecule has 82 valence electrons. The molecule has 0 fully saturated rings. The van der Waals surface area contributed by atoms with Crippen LogP contribution in [0.2, 0.25) is 0 Å². The zero-order valence-electron chi connectivity index (χ0n) is 8.08. The molecule has 0 saturated carbocycles. The molecule has 0 radical (unpaired) electrons. The summed E-state index contributed by atoms with van der Waals surface area (Å²) in [6, 6.07) is 5.88. The van der Waals surface area contributed by atoms with Gasteiger partial charge in [-0.15, -0.1) is 0 Å². The average molecular weight is 230 g/mol. The van der Waals surface area contributed by atoms with Crippen molar-refractivity contribution in [2.45, 2.75) is 4.90 Å². The summed E-state index contributed by atoms with van der Waals surface area (Å²) in [5, 5.41) is 0. The lowest BCUT2D eigenvalue weighted by Crippen LogP contribution is -2.41. The second kappa shape index (κ2) is 4.73. The summed E-state index contributed by atoms with van der Waals surface area (Å²) in [6.45, 7) is 0. The fraction of sp³-hybridized carbons (Fsp3) is 0.143. The third-order valence-electron chi connectivity index (χ3n) is 1.83. The van der Waals surface area contributed by atoms with Crippen LogP contribution in [0.1, 0.15) is 0 Å². The van der Waals surface area contributed by atoms with E-state index in [2.05, 4.69) is 9.51 Å². The molecule has 8 heteroatoms. The molecule has 0 aliphatic carbocycles. The molecule has 0 aromatic heterocycles. The van der Waals surface area contributed by atoms with Gasteiger partial charge < -0.3 is 9.51 Å². The molecule has 0 unspecified atom stereocenters. The number of rotatable bonds is 4. The van der Waals surface area contributed by atoms with Crippen LogP contribution < -0.4 is 17.3 Å². The van der Waals surface area contributed by atoms with Gasteiger partial charge in [0.2, 0.25) is 0 Å². The lowest BCUT2D eigenvalue weighted by atomic mass is 9.80. The minimum Gasteiger partial charge on any atom is -0.324 e. The Morgan fingerprint density at radius 1 is 1.13 bits per heavy atom. The summed E-state index contributed by atoms with van der Waals surface area (Å²) < 4.78 is 31.1. The van der Waals surface area contributed by atoms with Crippen molar-refractivity contribution in [3.05, 3.63) is 24.3 Å². The van der Waals surface area contributed by atoms with Gasteiger partial charge in [-0.05, 0) is 17.6 Å². The highest BCUT2D eigenvalue weighted by Crippen LogP contribution is 2.05. The molecule has 1 aromatic rings. The lowest BCUT2D eigenvalue weighted by Gasteiger charge is -2.07. The van der Waals surface area contributed by atoms with Gasteiger partial charge in [0.1, 0.15) is 0 Å². The van der Waals surface area contributed by atoms with Gasteiger partial charge in [0.05, 0.1) is 4.90 Å². The van der Waals surface area contributed by atoms with Crippen LogP contribution in [0.25, 0.3) is 0 Å². The Hall–Kier alpha value is -0.925. The zero-order valence-corrected chi connectivity index (χ0v) is 8.90. The molecule has 0 heterocycles. The van der Waals surface area contributed by atoms with E-state index in [0.29, 0.717) is 5.46 Å². The molecule has 1 rings (SSSR count). The predicted molar refractivity (Wildman–Crippen MR) is 55.5 cm³/mol. The minimum atomic E-state index is -3.20. The van der Waals surface area contributed by atoms with E-state index in [4.69, 9.17) is 11.8 Å². The summed E-state index contributed by atoms with van der Waals surface area (Å²) in [5.41, 5.74) is 0.535. The second-order valence-electron chi connectivity index (χ2n) is 2.95. The number of sulfone groups is 1. The zero-order chi connectivity index (χ0) is 11.5. The average Bonchev–Trinajstić information content (AvgIpc) is 2.19. The standard InChI is InChI=1S/C7H11BN2O4S/c1-15(11,12)7-4-2-6(3-5-7)8(13-9)14-10/h2-5H,9-10H2,1H3. The van der Waals surface area contributed by atoms with Crippen molar-refractivity contribution in [1.82, 2.24) is 0 Å². The highest BCUT2D eigenvalue weighted by atomic mass is 32.2. The first-order valence-corrected chi connectivity index (χ1v) is 5.89. The molecule has 6 nitrogen and oxygen atoms in total. The Morgan fingerprint density at radius 2 is 1.60 bits per heavy atom. The molecule has 0 amide bonds. The van der Waals surface area contributed by atoms with Gasteiger partial charge in [0.15, 0.2) is 9.84 Å². The van der Waals surface area contributed by atoms with Gasteiger partial charge in [0.25, 0.3) is 0 Å². The van der Waals surface area contributed by atoms with Crippen LogP contribution in [0.15, 0.2) is 29.2 Å². The van der Waals surface area contributed by atoms with Crippen molar-refractivity contribution in [2.75, 3.05) is 6.26 Å². The maximum absolute atomic E-state index is 11.1. The van der Waals surface area contributed by atoms with Crippen molar-refractivity contribution in [3.8, 4) is 0 Å². The molecule has 0 bridgehead atoms. The van der Waals surface area contributed by atoms with E-state index < -0.39 is 17.0 Å². The number of nitrogens with two attached hydrogens (primary N) is 2. The van der Waals surface area contributed by atoms with E-state index in [1.807, 2.05) is 0 Å². The maximum Gasteiger partial charge on any atom is 0.527 e. The molecule has 0 aliphatic rings. The van der Waals surface area contributed by atoms with Crippen LogP contribution in [0.3, 0.4) is 0 Å². The van der Waals surface area contributed by atoms with E-state index in [9.17, 15) is 8.42 Å². The Balaban J connectivity index is 3.00. The minimum absolute atomic E-state index is 0.207. The SMILES string of the molecule is CS(=O)(=O)c1ccc(B(ON)ON)cc1. The van der Waals surface area contributed by atoms with Crippen LogP contribution >= 0.6 is 0 Å². The monoisotopic (exact) mass is 230 g/mol. The first-order valence-electron chi connectivity index (χ1n) is 4.00. The third-order valence-corrected chi connectivity index (χ3v) is 2.96. The molecule has 1 aromatic carbocycles. The third kappa shape index (κ3) is 3.01. The van der Waals surface area contributed by atoms with Crippen LogP contribution in [0, 0.1) is 0 Å². The van der Waals surface area contributed by atoms with Crippen LogP contribution in [0.5, 0.6) is 0 Å². The fourth-order valence-corrected chi connectivity index (χ4v) is 1.69. The van der Waals surface area contributed by atoms with E-state index >= 15 is 0 Å². The Kier molecular flexibility index (Phi) is 3.83.